The molecule has 20 heavy (non-hydrogen) atoms. The zero-order chi connectivity index (χ0) is 15.0. The number of amides is 1. The van der Waals surface area contributed by atoms with Crippen LogP contribution in [0.15, 0.2) is 24.3 Å². The summed E-state index contributed by atoms with van der Waals surface area (Å²) in [4.78, 5) is 23.0. The average molecular weight is 279 g/mol. The van der Waals surface area contributed by atoms with Crippen molar-refractivity contribution >= 4 is 11.9 Å². The number of aliphatic carboxylic acids is 1. The van der Waals surface area contributed by atoms with Gasteiger partial charge < -0.3 is 15.2 Å². The lowest BCUT2D eigenvalue weighted by Gasteiger charge is -2.14. The topological polar surface area (TPSA) is 75.6 Å². The van der Waals surface area contributed by atoms with E-state index >= 15 is 0 Å². The lowest BCUT2D eigenvalue weighted by Crippen LogP contribution is -2.41. The van der Waals surface area contributed by atoms with E-state index in [-0.39, 0.29) is 12.3 Å². The molecule has 1 rings (SSSR count). The number of ether oxygens (including phenoxy) is 1. The van der Waals surface area contributed by atoms with Crippen LogP contribution in [0, 0.1) is 0 Å². The van der Waals surface area contributed by atoms with E-state index in [0.29, 0.717) is 12.2 Å². The van der Waals surface area contributed by atoms with Crippen LogP contribution in [0.4, 0.5) is 0 Å². The second-order valence-corrected chi connectivity index (χ2v) is 4.59. The monoisotopic (exact) mass is 279 g/mol. The molecule has 0 aliphatic rings. The lowest BCUT2D eigenvalue weighted by atomic mass is 10.1. The lowest BCUT2D eigenvalue weighted by molar-refractivity contribution is -0.142. The number of carbonyl (C=O) groups excluding carboxylic acids is 1. The van der Waals surface area contributed by atoms with Gasteiger partial charge >= 0.3 is 5.97 Å². The summed E-state index contributed by atoms with van der Waals surface area (Å²) in [5, 5.41) is 11.6. The highest BCUT2D eigenvalue weighted by Crippen LogP contribution is 2.17. The first-order valence-electron chi connectivity index (χ1n) is 6.72. The highest BCUT2D eigenvalue weighted by atomic mass is 16.5. The van der Waals surface area contributed by atoms with Gasteiger partial charge in [-0.1, -0.05) is 38.0 Å². The maximum Gasteiger partial charge on any atom is 0.326 e. The Morgan fingerprint density at radius 1 is 1.35 bits per heavy atom. The summed E-state index contributed by atoms with van der Waals surface area (Å²) in [5.74, 6) is -0.673. The van der Waals surface area contributed by atoms with Gasteiger partial charge in [-0.15, -0.1) is 0 Å². The second-order valence-electron chi connectivity index (χ2n) is 4.59. The van der Waals surface area contributed by atoms with Crippen LogP contribution in [0.5, 0.6) is 5.75 Å². The molecule has 1 aromatic carbocycles. The number of methoxy groups -OCH3 is 1. The molecule has 0 unspecified atom stereocenters. The van der Waals surface area contributed by atoms with Crippen molar-refractivity contribution in [2.24, 2.45) is 0 Å². The maximum absolute atomic E-state index is 11.9. The van der Waals surface area contributed by atoms with Crippen LogP contribution in [0.3, 0.4) is 0 Å². The maximum atomic E-state index is 11.9. The van der Waals surface area contributed by atoms with Gasteiger partial charge in [-0.2, -0.15) is 0 Å². The second kappa shape index (κ2) is 8.19. The molecule has 0 spiro atoms. The van der Waals surface area contributed by atoms with E-state index in [0.717, 1.165) is 18.4 Å². The van der Waals surface area contributed by atoms with E-state index < -0.39 is 12.0 Å². The van der Waals surface area contributed by atoms with Crippen LogP contribution < -0.4 is 10.1 Å². The molecule has 1 atom stereocenters. The predicted molar refractivity (Wildman–Crippen MR) is 75.8 cm³/mol. The molecule has 2 N–H and O–H groups in total. The standard InChI is InChI=1S/C15H21NO4/c1-3-4-8-12(15(18)19)16-14(17)10-11-7-5-6-9-13(11)20-2/h5-7,9,12H,3-4,8,10H2,1-2H3,(H,16,17)(H,18,19)/t12-/m0/s1. The third-order valence-electron chi connectivity index (χ3n) is 3.02. The third-order valence-corrected chi connectivity index (χ3v) is 3.02. The van der Waals surface area contributed by atoms with Gasteiger partial charge in [0.25, 0.3) is 0 Å². The van der Waals surface area contributed by atoms with Crippen LogP contribution in [0.1, 0.15) is 31.7 Å². The molecule has 1 aromatic rings. The van der Waals surface area contributed by atoms with Crippen molar-refractivity contribution in [3.63, 3.8) is 0 Å². The molecule has 0 heterocycles. The Kier molecular flexibility index (Phi) is 6.56. The van der Waals surface area contributed by atoms with E-state index in [9.17, 15) is 9.59 Å². The van der Waals surface area contributed by atoms with E-state index in [1.54, 1.807) is 12.1 Å². The summed E-state index contributed by atoms with van der Waals surface area (Å²) < 4.78 is 5.17. The fourth-order valence-electron chi connectivity index (χ4n) is 1.93. The molecule has 0 radical (unpaired) electrons. The number of carboxylic acids is 1. The predicted octanol–water partition coefficient (Wildman–Crippen LogP) is 2.00. The zero-order valence-electron chi connectivity index (χ0n) is 11.9. The molecule has 110 valence electrons. The zero-order valence-corrected chi connectivity index (χ0v) is 11.9. The molecular weight excluding hydrogens is 258 g/mol. The van der Waals surface area contributed by atoms with Gasteiger partial charge in [0, 0.05) is 5.56 Å². The molecule has 5 nitrogen and oxygen atoms in total. The van der Waals surface area contributed by atoms with Crippen LogP contribution in [0.25, 0.3) is 0 Å². The van der Waals surface area contributed by atoms with Gasteiger partial charge in [-0.05, 0) is 12.5 Å². The number of hydrogen-bond acceptors (Lipinski definition) is 3. The SMILES string of the molecule is CCCC[C@H](NC(=O)Cc1ccccc1OC)C(=O)O. The Morgan fingerprint density at radius 2 is 2.05 bits per heavy atom. The summed E-state index contributed by atoms with van der Waals surface area (Å²) in [6.45, 7) is 1.98. The van der Waals surface area contributed by atoms with Gasteiger partial charge in [-0.25, -0.2) is 4.79 Å². The van der Waals surface area contributed by atoms with Crippen molar-refractivity contribution in [1.82, 2.24) is 5.32 Å². The number of nitrogens with one attached hydrogen (secondary N) is 1. The number of hydrogen-bond donors (Lipinski definition) is 2. The normalized spacial score (nSPS) is 11.7. The van der Waals surface area contributed by atoms with Crippen molar-refractivity contribution in [2.75, 3.05) is 7.11 Å². The van der Waals surface area contributed by atoms with Crippen LogP contribution in [-0.2, 0) is 16.0 Å². The van der Waals surface area contributed by atoms with Crippen molar-refractivity contribution in [1.29, 1.82) is 0 Å². The summed E-state index contributed by atoms with van der Waals surface area (Å²) in [6, 6.07) is 6.38. The van der Waals surface area contributed by atoms with Crippen LogP contribution >= 0.6 is 0 Å². The first-order chi connectivity index (χ1) is 9.58. The number of rotatable bonds is 8. The van der Waals surface area contributed by atoms with E-state index in [2.05, 4.69) is 5.32 Å². The van der Waals surface area contributed by atoms with Crippen molar-refractivity contribution in [3.8, 4) is 5.75 Å². The Labute approximate surface area is 118 Å². The Balaban J connectivity index is 2.63. The van der Waals surface area contributed by atoms with Crippen LogP contribution in [-0.4, -0.2) is 30.1 Å². The number of carboxylic acid groups (broad SMARTS) is 1. The van der Waals surface area contributed by atoms with Crippen LogP contribution in [0.2, 0.25) is 0 Å². The highest BCUT2D eigenvalue weighted by molar-refractivity contribution is 5.85. The smallest absolute Gasteiger partial charge is 0.326 e. The Morgan fingerprint density at radius 3 is 2.65 bits per heavy atom. The summed E-state index contributed by atoms with van der Waals surface area (Å²) >= 11 is 0. The third kappa shape index (κ3) is 4.91. The minimum atomic E-state index is -0.994. The highest BCUT2D eigenvalue weighted by Gasteiger charge is 2.19. The summed E-state index contributed by atoms with van der Waals surface area (Å²) in [6.07, 6.45) is 2.22. The number of para-hydroxylation sites is 1. The number of benzene rings is 1. The molecule has 0 saturated heterocycles. The molecule has 1 amide bonds. The van der Waals surface area contributed by atoms with Gasteiger partial charge in [0.15, 0.2) is 0 Å². The molecule has 0 aromatic heterocycles. The average Bonchev–Trinajstić information content (AvgIpc) is 2.43. The van der Waals surface area contributed by atoms with Crippen molar-refractivity contribution in [3.05, 3.63) is 29.8 Å². The van der Waals surface area contributed by atoms with E-state index in [1.165, 1.54) is 7.11 Å². The van der Waals surface area contributed by atoms with E-state index in [1.807, 2.05) is 19.1 Å². The van der Waals surface area contributed by atoms with Gasteiger partial charge in [0.05, 0.1) is 13.5 Å². The quantitative estimate of drug-likeness (QED) is 0.763. The first-order valence-corrected chi connectivity index (χ1v) is 6.72. The molecule has 0 fully saturated rings. The van der Waals surface area contributed by atoms with E-state index in [4.69, 9.17) is 9.84 Å². The molecule has 0 bridgehead atoms. The molecule has 0 saturated carbocycles. The number of unbranched alkanes of at least 4 members (excludes halogenated alkanes) is 1. The fraction of sp³-hybridized carbons (Fsp3) is 0.467. The molecule has 0 aliphatic carbocycles. The van der Waals surface area contributed by atoms with Crippen molar-refractivity contribution < 1.29 is 19.4 Å². The largest absolute Gasteiger partial charge is 0.496 e. The van der Waals surface area contributed by atoms with Gasteiger partial charge in [0.2, 0.25) is 5.91 Å². The Bertz CT molecular complexity index is 459. The molecule has 0 aliphatic heterocycles. The fourth-order valence-corrected chi connectivity index (χ4v) is 1.93. The number of carbonyl (C=O) groups is 2. The summed E-state index contributed by atoms with van der Waals surface area (Å²) in [7, 11) is 1.54. The molecular formula is C15H21NO4. The van der Waals surface area contributed by atoms with Gasteiger partial charge in [-0.3, -0.25) is 4.79 Å². The minimum absolute atomic E-state index is 0.111. The first kappa shape index (κ1) is 16.0. The summed E-state index contributed by atoms with van der Waals surface area (Å²) in [5.41, 5.74) is 0.743. The van der Waals surface area contributed by atoms with Crippen molar-refractivity contribution in [2.45, 2.75) is 38.6 Å². The van der Waals surface area contributed by atoms with Gasteiger partial charge in [0.1, 0.15) is 11.8 Å². The Hall–Kier alpha value is -2.04. The molecule has 5 heteroatoms. The minimum Gasteiger partial charge on any atom is -0.496 e.